The van der Waals surface area contributed by atoms with Crippen LogP contribution in [-0.2, 0) is 21.2 Å². The van der Waals surface area contributed by atoms with Gasteiger partial charge in [0.2, 0.25) is 5.91 Å². The molecule has 0 spiro atoms. The van der Waals surface area contributed by atoms with E-state index in [0.717, 1.165) is 5.56 Å². The van der Waals surface area contributed by atoms with E-state index in [9.17, 15) is 18.0 Å². The molecule has 0 radical (unpaired) electrons. The van der Waals surface area contributed by atoms with Gasteiger partial charge in [-0.3, -0.25) is 14.6 Å². The van der Waals surface area contributed by atoms with E-state index in [4.69, 9.17) is 4.99 Å². The number of sulfone groups is 1. The number of halogens is 1. The van der Waals surface area contributed by atoms with E-state index >= 15 is 4.39 Å². The van der Waals surface area contributed by atoms with Crippen molar-refractivity contribution in [1.29, 1.82) is 0 Å². The van der Waals surface area contributed by atoms with Gasteiger partial charge in [-0.1, -0.05) is 63.7 Å². The molecule has 0 unspecified atom stereocenters. The minimum absolute atomic E-state index is 0.0766. The predicted octanol–water partition coefficient (Wildman–Crippen LogP) is 4.85. The predicted molar refractivity (Wildman–Crippen MR) is 161 cm³/mol. The van der Waals surface area contributed by atoms with Crippen molar-refractivity contribution in [3.63, 3.8) is 0 Å². The Bertz CT molecular complexity index is 1450. The molecule has 41 heavy (non-hydrogen) atoms. The van der Waals surface area contributed by atoms with Gasteiger partial charge in [0.15, 0.2) is 5.84 Å². The molecule has 10 heteroatoms. The van der Waals surface area contributed by atoms with Crippen LogP contribution in [0.15, 0.2) is 70.8 Å². The van der Waals surface area contributed by atoms with Gasteiger partial charge in [0, 0.05) is 42.4 Å². The number of amidine groups is 1. The van der Waals surface area contributed by atoms with E-state index in [-0.39, 0.29) is 40.7 Å². The first-order chi connectivity index (χ1) is 19.2. The van der Waals surface area contributed by atoms with Crippen LogP contribution in [0, 0.1) is 17.2 Å². The van der Waals surface area contributed by atoms with Gasteiger partial charge in [-0.2, -0.15) is 0 Å². The third-order valence-corrected chi connectivity index (χ3v) is 8.83. The number of hydrogen-bond acceptors (Lipinski definition) is 6. The van der Waals surface area contributed by atoms with Crippen molar-refractivity contribution in [3.05, 3.63) is 83.3 Å². The van der Waals surface area contributed by atoms with Crippen LogP contribution in [0.2, 0.25) is 0 Å². The molecule has 0 saturated heterocycles. The van der Waals surface area contributed by atoms with Gasteiger partial charge < -0.3 is 10.6 Å². The number of benzene rings is 2. The first kappa shape index (κ1) is 31.9. The van der Waals surface area contributed by atoms with Crippen LogP contribution in [0.25, 0.3) is 0 Å². The van der Waals surface area contributed by atoms with Gasteiger partial charge in [0.25, 0.3) is 5.91 Å². The number of allylic oxidation sites excluding steroid dienone is 1. The maximum atomic E-state index is 15.3. The average molecular weight is 583 g/mol. The van der Waals surface area contributed by atoms with Crippen molar-refractivity contribution < 1.29 is 22.4 Å². The Morgan fingerprint density at radius 1 is 1.05 bits per heavy atom. The Morgan fingerprint density at radius 2 is 1.68 bits per heavy atom. The van der Waals surface area contributed by atoms with Crippen molar-refractivity contribution in [1.82, 2.24) is 10.6 Å². The van der Waals surface area contributed by atoms with Gasteiger partial charge in [-0.25, -0.2) is 17.8 Å². The summed E-state index contributed by atoms with van der Waals surface area (Å²) in [4.78, 5) is 34.5. The highest BCUT2D eigenvalue weighted by Gasteiger charge is 2.30. The second kappa shape index (κ2) is 13.3. The number of rotatable bonds is 8. The summed E-state index contributed by atoms with van der Waals surface area (Å²) >= 11 is 0. The highest BCUT2D eigenvalue weighted by molar-refractivity contribution is 7.91. The average Bonchev–Trinajstić information content (AvgIpc) is 2.92. The number of amides is 2. The first-order valence-electron chi connectivity index (χ1n) is 13.6. The lowest BCUT2D eigenvalue weighted by atomic mass is 9.87. The van der Waals surface area contributed by atoms with Crippen LogP contribution in [0.4, 0.5) is 4.39 Å². The molecule has 0 bridgehead atoms. The summed E-state index contributed by atoms with van der Waals surface area (Å²) in [5.74, 6) is -1.56. The van der Waals surface area contributed by atoms with Crippen LogP contribution in [0.3, 0.4) is 0 Å². The number of carbonyl (C=O) groups is 2. The number of aliphatic imine (C=N–C) groups is 2. The minimum atomic E-state index is -3.13. The molecule has 0 aromatic heterocycles. The highest BCUT2D eigenvalue weighted by atomic mass is 32.2. The van der Waals surface area contributed by atoms with Crippen molar-refractivity contribution in [2.45, 2.75) is 58.2 Å². The Morgan fingerprint density at radius 3 is 2.22 bits per heavy atom. The molecule has 1 aliphatic rings. The van der Waals surface area contributed by atoms with Crippen molar-refractivity contribution in [2.24, 2.45) is 21.3 Å². The van der Waals surface area contributed by atoms with Gasteiger partial charge in [-0.15, -0.1) is 0 Å². The van der Waals surface area contributed by atoms with Gasteiger partial charge >= 0.3 is 0 Å². The maximum absolute atomic E-state index is 15.3. The lowest BCUT2D eigenvalue weighted by molar-refractivity contribution is -0.126. The second-order valence-corrected chi connectivity index (χ2v) is 13.7. The first-order valence-corrected chi connectivity index (χ1v) is 15.5. The summed E-state index contributed by atoms with van der Waals surface area (Å²) in [6.45, 7) is 9.66. The molecule has 1 aliphatic carbocycles. The lowest BCUT2D eigenvalue weighted by Crippen LogP contribution is -2.43. The number of nitrogens with one attached hydrogen (secondary N) is 2. The Hall–Kier alpha value is -3.66. The molecule has 2 amide bonds. The molecular formula is C31H39FN4O4S. The molecule has 0 aliphatic heterocycles. The van der Waals surface area contributed by atoms with Crippen LogP contribution in [-0.4, -0.2) is 50.3 Å². The third kappa shape index (κ3) is 8.66. The lowest BCUT2D eigenvalue weighted by Gasteiger charge is -2.27. The quantitative estimate of drug-likeness (QED) is 0.342. The fraction of sp³-hybridized carbons (Fsp3) is 0.419. The van der Waals surface area contributed by atoms with Crippen LogP contribution in [0.5, 0.6) is 0 Å². The zero-order chi connectivity index (χ0) is 30.4. The summed E-state index contributed by atoms with van der Waals surface area (Å²) < 4.78 is 39.3. The highest BCUT2D eigenvalue weighted by Crippen LogP contribution is 2.33. The SMILES string of the molecule is C=C(/N=C(\C(=N/C)NC(=O)C(C)(C)C)c1ccc(C(=O)NCc2ccccc2)c(F)c1)[C@H]1CC[C@@H](S(C)(=O)=O)CC1. The van der Waals surface area contributed by atoms with Gasteiger partial charge in [0.05, 0.1) is 10.8 Å². The minimum Gasteiger partial charge on any atom is -0.348 e. The fourth-order valence-electron chi connectivity index (χ4n) is 4.55. The van der Waals surface area contributed by atoms with Gasteiger partial charge in [-0.05, 0) is 43.4 Å². The Balaban J connectivity index is 1.91. The summed E-state index contributed by atoms with van der Waals surface area (Å²) in [5.41, 5.74) is 1.03. The van der Waals surface area contributed by atoms with E-state index in [1.54, 1.807) is 26.8 Å². The van der Waals surface area contributed by atoms with Crippen molar-refractivity contribution in [3.8, 4) is 0 Å². The molecule has 1 fully saturated rings. The summed E-state index contributed by atoms with van der Waals surface area (Å²) in [6.07, 6.45) is 3.45. The molecule has 2 aromatic rings. The molecular weight excluding hydrogens is 543 g/mol. The smallest absolute Gasteiger partial charge is 0.254 e. The molecule has 1 saturated carbocycles. The van der Waals surface area contributed by atoms with Gasteiger partial charge in [0.1, 0.15) is 21.4 Å². The molecule has 3 rings (SSSR count). The number of hydrogen-bond donors (Lipinski definition) is 2. The Labute approximate surface area is 242 Å². The standard InChI is InChI=1S/C31H39FN4O4S/c1-20(22-12-15-24(16-13-22)41(6,39)40)35-27(28(33-5)36-30(38)31(2,3)4)23-14-17-25(26(32)18-23)29(37)34-19-21-10-8-7-9-11-21/h7-11,14,17-18,22,24H,1,12-13,15-16,19H2,2-6H3,(H,34,37)(H,33,36,38)/b35-27-/t22-,24+. The molecule has 2 N–H and O–H groups in total. The largest absolute Gasteiger partial charge is 0.348 e. The third-order valence-electron chi connectivity index (χ3n) is 7.15. The normalized spacial score (nSPS) is 18.5. The van der Waals surface area contributed by atoms with Crippen molar-refractivity contribution >= 4 is 33.2 Å². The fourth-order valence-corrected chi connectivity index (χ4v) is 5.68. The molecule has 8 nitrogen and oxygen atoms in total. The van der Waals surface area contributed by atoms with E-state index in [1.807, 2.05) is 30.3 Å². The van der Waals surface area contributed by atoms with E-state index in [2.05, 4.69) is 22.2 Å². The summed E-state index contributed by atoms with van der Waals surface area (Å²) in [7, 11) is -1.63. The monoisotopic (exact) mass is 582 g/mol. The van der Waals surface area contributed by atoms with Crippen LogP contribution >= 0.6 is 0 Å². The summed E-state index contributed by atoms with van der Waals surface area (Å²) in [5, 5.41) is 5.13. The van der Waals surface area contributed by atoms with Crippen molar-refractivity contribution in [2.75, 3.05) is 13.3 Å². The molecule has 0 heterocycles. The van der Waals surface area contributed by atoms with Crippen LogP contribution < -0.4 is 10.6 Å². The molecule has 2 aromatic carbocycles. The van der Waals surface area contributed by atoms with E-state index in [0.29, 0.717) is 36.9 Å². The second-order valence-electron chi connectivity index (χ2n) is 11.4. The molecule has 220 valence electrons. The maximum Gasteiger partial charge on any atom is 0.254 e. The zero-order valence-corrected chi connectivity index (χ0v) is 25.1. The summed E-state index contributed by atoms with van der Waals surface area (Å²) in [6, 6.07) is 13.4. The zero-order valence-electron chi connectivity index (χ0n) is 24.3. The van der Waals surface area contributed by atoms with Crippen LogP contribution in [0.1, 0.15) is 67.9 Å². The molecule has 0 atom stereocenters. The van der Waals surface area contributed by atoms with E-state index in [1.165, 1.54) is 25.4 Å². The topological polar surface area (TPSA) is 117 Å². The Kier molecular flexibility index (Phi) is 10.4. The van der Waals surface area contributed by atoms with E-state index < -0.39 is 27.0 Å². The number of carbonyl (C=O) groups excluding carboxylic acids is 2. The number of nitrogens with zero attached hydrogens (tertiary/aromatic N) is 2.